The minimum Gasteiger partial charge on any atom is -0.392 e. The van der Waals surface area contributed by atoms with E-state index in [1.807, 2.05) is 36.2 Å². The van der Waals surface area contributed by atoms with E-state index in [0.717, 1.165) is 35.1 Å². The van der Waals surface area contributed by atoms with Gasteiger partial charge >= 0.3 is 0 Å². The third kappa shape index (κ3) is 4.90. The zero-order valence-electron chi connectivity index (χ0n) is 14.9. The molecule has 138 valence electrons. The number of pyridine rings is 1. The van der Waals surface area contributed by atoms with Gasteiger partial charge in [-0.2, -0.15) is 0 Å². The van der Waals surface area contributed by atoms with Crippen molar-refractivity contribution in [2.24, 2.45) is 0 Å². The van der Waals surface area contributed by atoms with Crippen molar-refractivity contribution in [2.45, 2.75) is 25.0 Å². The first-order chi connectivity index (χ1) is 12.5. The van der Waals surface area contributed by atoms with Crippen molar-refractivity contribution >= 4 is 21.8 Å². The maximum absolute atomic E-state index is 12.9. The average Bonchev–Trinajstić information content (AvgIpc) is 3.05. The van der Waals surface area contributed by atoms with Crippen molar-refractivity contribution in [3.05, 3.63) is 64.4 Å². The third-order valence-corrected chi connectivity index (χ3v) is 5.27. The molecule has 0 bridgehead atoms. The van der Waals surface area contributed by atoms with E-state index in [0.29, 0.717) is 13.0 Å². The molecule has 1 aliphatic rings. The van der Waals surface area contributed by atoms with Gasteiger partial charge in [-0.25, -0.2) is 0 Å². The van der Waals surface area contributed by atoms with Crippen LogP contribution in [0.4, 0.5) is 0 Å². The molecule has 1 aliphatic heterocycles. The number of likely N-dealkylation sites (N-methyl/N-ethyl adjacent to an activating group) is 1. The van der Waals surface area contributed by atoms with Crippen LogP contribution in [-0.2, 0) is 11.2 Å². The first-order valence-corrected chi connectivity index (χ1v) is 9.62. The maximum Gasteiger partial charge on any atom is 0.227 e. The molecule has 2 heterocycles. The Morgan fingerprint density at radius 3 is 2.81 bits per heavy atom. The molecule has 1 fully saturated rings. The Balaban J connectivity index is 1.75. The van der Waals surface area contributed by atoms with Crippen molar-refractivity contribution < 1.29 is 9.90 Å². The second-order valence-electron chi connectivity index (χ2n) is 6.82. The van der Waals surface area contributed by atoms with Gasteiger partial charge in [-0.1, -0.05) is 30.3 Å². The van der Waals surface area contributed by atoms with Gasteiger partial charge in [0.25, 0.3) is 0 Å². The number of halogens is 1. The lowest BCUT2D eigenvalue weighted by molar-refractivity contribution is -0.131. The molecule has 0 saturated carbocycles. The summed E-state index contributed by atoms with van der Waals surface area (Å²) in [6.45, 7) is 2.25. The minimum absolute atomic E-state index is 0.0471. The standard InChI is InChI=1S/C20H24BrN3O2/c1-23(20(26)10-15-9-17(21)12-22-11-15)19(16-5-3-2-4-6-16)14-24-8-7-18(25)13-24/h2-6,9,11-12,18-19,25H,7-8,10,13-14H2,1H3/t18-,19+/m0/s1. The van der Waals surface area contributed by atoms with Gasteiger partial charge in [0.1, 0.15) is 0 Å². The molecule has 2 atom stereocenters. The first-order valence-electron chi connectivity index (χ1n) is 8.83. The molecule has 1 aromatic heterocycles. The Morgan fingerprint density at radius 1 is 1.38 bits per heavy atom. The monoisotopic (exact) mass is 417 g/mol. The lowest BCUT2D eigenvalue weighted by Crippen LogP contribution is -2.39. The van der Waals surface area contributed by atoms with Gasteiger partial charge in [-0.15, -0.1) is 0 Å². The second kappa shape index (κ2) is 8.75. The van der Waals surface area contributed by atoms with Crippen LogP contribution in [0.2, 0.25) is 0 Å². The Hall–Kier alpha value is -1.76. The molecule has 1 N–H and O–H groups in total. The summed E-state index contributed by atoms with van der Waals surface area (Å²) >= 11 is 3.40. The van der Waals surface area contributed by atoms with Gasteiger partial charge in [-0.05, 0) is 39.5 Å². The van der Waals surface area contributed by atoms with E-state index >= 15 is 0 Å². The highest BCUT2D eigenvalue weighted by molar-refractivity contribution is 9.10. The number of carbonyl (C=O) groups excluding carboxylic acids is 1. The van der Waals surface area contributed by atoms with Gasteiger partial charge in [0.15, 0.2) is 0 Å². The number of amides is 1. The number of nitrogens with zero attached hydrogens (tertiary/aromatic N) is 3. The lowest BCUT2D eigenvalue weighted by atomic mass is 10.0. The van der Waals surface area contributed by atoms with Crippen LogP contribution in [0, 0.1) is 0 Å². The van der Waals surface area contributed by atoms with Gasteiger partial charge in [0, 0.05) is 43.5 Å². The van der Waals surface area contributed by atoms with Crippen LogP contribution in [0.25, 0.3) is 0 Å². The predicted octanol–water partition coefficient (Wildman–Crippen LogP) is 2.65. The number of benzene rings is 1. The molecule has 1 amide bonds. The average molecular weight is 418 g/mol. The number of β-amino-alcohol motifs (C(OH)–C–C–N with tert-alkyl or cyclic N) is 1. The summed E-state index contributed by atoms with van der Waals surface area (Å²) in [6, 6.07) is 12.0. The van der Waals surface area contributed by atoms with Gasteiger partial charge in [-0.3, -0.25) is 14.7 Å². The highest BCUT2D eigenvalue weighted by atomic mass is 79.9. The number of rotatable bonds is 6. The normalized spacial score (nSPS) is 18.7. The zero-order valence-corrected chi connectivity index (χ0v) is 16.5. The molecule has 0 spiro atoms. The van der Waals surface area contributed by atoms with Gasteiger partial charge in [0.05, 0.1) is 18.6 Å². The number of aliphatic hydroxyl groups is 1. The number of likely N-dealkylation sites (tertiary alicyclic amines) is 1. The topological polar surface area (TPSA) is 56.7 Å². The van der Waals surface area contributed by atoms with E-state index in [9.17, 15) is 9.90 Å². The summed E-state index contributed by atoms with van der Waals surface area (Å²) < 4.78 is 0.871. The van der Waals surface area contributed by atoms with E-state index in [1.54, 1.807) is 12.4 Å². The smallest absolute Gasteiger partial charge is 0.227 e. The Kier molecular flexibility index (Phi) is 6.40. The summed E-state index contributed by atoms with van der Waals surface area (Å²) in [4.78, 5) is 21.1. The molecular formula is C20H24BrN3O2. The summed E-state index contributed by atoms with van der Waals surface area (Å²) in [5.41, 5.74) is 2.00. The number of aromatic nitrogens is 1. The molecular weight excluding hydrogens is 394 g/mol. The van der Waals surface area contributed by atoms with Crippen LogP contribution in [0.1, 0.15) is 23.6 Å². The van der Waals surface area contributed by atoms with Crippen LogP contribution in [0.5, 0.6) is 0 Å². The van der Waals surface area contributed by atoms with E-state index in [1.165, 1.54) is 0 Å². The van der Waals surface area contributed by atoms with Crippen LogP contribution >= 0.6 is 15.9 Å². The first kappa shape index (κ1) is 19.0. The number of hydrogen-bond acceptors (Lipinski definition) is 4. The third-order valence-electron chi connectivity index (χ3n) is 4.84. The second-order valence-corrected chi connectivity index (χ2v) is 7.74. The largest absolute Gasteiger partial charge is 0.392 e. The van der Waals surface area contributed by atoms with Crippen LogP contribution in [0.15, 0.2) is 53.3 Å². The summed E-state index contributed by atoms with van der Waals surface area (Å²) in [7, 11) is 1.86. The molecule has 1 aromatic carbocycles. The summed E-state index contributed by atoms with van der Waals surface area (Å²) in [5, 5.41) is 9.82. The molecule has 6 heteroatoms. The molecule has 0 radical (unpaired) electrons. The molecule has 0 unspecified atom stereocenters. The Bertz CT molecular complexity index is 741. The molecule has 1 saturated heterocycles. The van der Waals surface area contributed by atoms with Gasteiger partial charge < -0.3 is 10.0 Å². The number of hydrogen-bond donors (Lipinski definition) is 1. The number of carbonyl (C=O) groups is 1. The van der Waals surface area contributed by atoms with E-state index < -0.39 is 0 Å². The van der Waals surface area contributed by atoms with Crippen LogP contribution in [-0.4, -0.2) is 58.6 Å². The van der Waals surface area contributed by atoms with Crippen molar-refractivity contribution in [3.63, 3.8) is 0 Å². The molecule has 0 aliphatic carbocycles. The maximum atomic E-state index is 12.9. The fraction of sp³-hybridized carbons (Fsp3) is 0.400. The lowest BCUT2D eigenvalue weighted by Gasteiger charge is -2.32. The van der Waals surface area contributed by atoms with Gasteiger partial charge in [0.2, 0.25) is 5.91 Å². The van der Waals surface area contributed by atoms with Crippen molar-refractivity contribution in [3.8, 4) is 0 Å². The molecule has 3 rings (SSSR count). The van der Waals surface area contributed by atoms with Crippen LogP contribution in [0.3, 0.4) is 0 Å². The Morgan fingerprint density at radius 2 is 2.15 bits per heavy atom. The van der Waals surface area contributed by atoms with E-state index in [-0.39, 0.29) is 18.1 Å². The quantitative estimate of drug-likeness (QED) is 0.784. The Labute approximate surface area is 162 Å². The van der Waals surface area contributed by atoms with Crippen LogP contribution < -0.4 is 0 Å². The predicted molar refractivity (Wildman–Crippen MR) is 105 cm³/mol. The highest BCUT2D eigenvalue weighted by Gasteiger charge is 2.28. The zero-order chi connectivity index (χ0) is 18.5. The fourth-order valence-corrected chi connectivity index (χ4v) is 3.79. The number of aliphatic hydroxyl groups excluding tert-OH is 1. The van der Waals surface area contributed by atoms with Crippen molar-refractivity contribution in [1.82, 2.24) is 14.8 Å². The summed E-state index contributed by atoms with van der Waals surface area (Å²) in [5.74, 6) is 0.0542. The minimum atomic E-state index is -0.264. The molecule has 5 nitrogen and oxygen atoms in total. The molecule has 2 aromatic rings. The summed E-state index contributed by atoms with van der Waals surface area (Å²) in [6.07, 6.45) is 4.28. The van der Waals surface area contributed by atoms with Crippen molar-refractivity contribution in [1.29, 1.82) is 0 Å². The highest BCUT2D eigenvalue weighted by Crippen LogP contribution is 2.24. The SMILES string of the molecule is CN(C(=O)Cc1cncc(Br)c1)[C@H](CN1CC[C@H](O)C1)c1ccccc1. The van der Waals surface area contributed by atoms with E-state index in [2.05, 4.69) is 37.9 Å². The fourth-order valence-electron chi connectivity index (χ4n) is 3.37. The van der Waals surface area contributed by atoms with E-state index in [4.69, 9.17) is 0 Å². The van der Waals surface area contributed by atoms with Crippen molar-refractivity contribution in [2.75, 3.05) is 26.7 Å². The molecule has 26 heavy (non-hydrogen) atoms.